The molecule has 0 spiro atoms. The van der Waals surface area contributed by atoms with Crippen LogP contribution in [0.2, 0.25) is 0 Å². The van der Waals surface area contributed by atoms with Crippen molar-refractivity contribution >= 4 is 5.91 Å². The Morgan fingerprint density at radius 3 is 2.40 bits per heavy atom. The van der Waals surface area contributed by atoms with E-state index < -0.39 is 0 Å². The van der Waals surface area contributed by atoms with Crippen LogP contribution in [-0.2, 0) is 11.3 Å². The van der Waals surface area contributed by atoms with Crippen molar-refractivity contribution in [1.29, 1.82) is 0 Å². The second-order valence-corrected chi connectivity index (χ2v) is 4.93. The molecule has 0 aromatic heterocycles. The minimum Gasteiger partial charge on any atom is -0.395 e. The smallest absolute Gasteiger partial charge is 0.236 e. The Hall–Kier alpha value is -1.83. The molecule has 0 aliphatic rings. The summed E-state index contributed by atoms with van der Waals surface area (Å²) >= 11 is 0. The number of benzene rings is 1. The predicted molar refractivity (Wildman–Crippen MR) is 80.1 cm³/mol. The Balaban J connectivity index is 2.53. The Bertz CT molecular complexity index is 483. The number of likely N-dealkylation sites (N-methyl/N-ethyl adjacent to an activating group) is 2. The van der Waals surface area contributed by atoms with Gasteiger partial charge in [0.2, 0.25) is 5.91 Å². The molecule has 20 heavy (non-hydrogen) atoms. The summed E-state index contributed by atoms with van der Waals surface area (Å²) < 4.78 is 0. The van der Waals surface area contributed by atoms with Gasteiger partial charge in [0.15, 0.2) is 0 Å². The lowest BCUT2D eigenvalue weighted by Crippen LogP contribution is -2.34. The summed E-state index contributed by atoms with van der Waals surface area (Å²) in [5.41, 5.74) is 2.08. The van der Waals surface area contributed by atoms with Gasteiger partial charge in [-0.05, 0) is 24.7 Å². The number of aliphatic hydroxyl groups is 1. The zero-order valence-corrected chi connectivity index (χ0v) is 12.4. The van der Waals surface area contributed by atoms with Crippen molar-refractivity contribution in [3.05, 3.63) is 35.4 Å². The first-order valence-electron chi connectivity index (χ1n) is 6.60. The molecule has 0 unspecified atom stereocenters. The summed E-state index contributed by atoms with van der Waals surface area (Å²) in [6, 6.07) is 7.95. The highest BCUT2D eigenvalue weighted by molar-refractivity contribution is 5.77. The van der Waals surface area contributed by atoms with Crippen LogP contribution in [0.4, 0.5) is 0 Å². The van der Waals surface area contributed by atoms with E-state index >= 15 is 0 Å². The topological polar surface area (TPSA) is 43.8 Å². The van der Waals surface area contributed by atoms with E-state index in [4.69, 9.17) is 5.11 Å². The number of hydrogen-bond acceptors (Lipinski definition) is 3. The standard InChI is InChI=1S/C16H22N2O2/c1-17(2)16(20)13-18(3)12-15-9-7-14(8-10-15)6-4-5-11-19/h7-10,19H,5,11-13H2,1-3H3. The van der Waals surface area contributed by atoms with E-state index in [1.54, 1.807) is 19.0 Å². The number of nitrogens with zero attached hydrogens (tertiary/aromatic N) is 2. The summed E-state index contributed by atoms with van der Waals surface area (Å²) in [4.78, 5) is 15.2. The van der Waals surface area contributed by atoms with Gasteiger partial charge in [0.25, 0.3) is 0 Å². The van der Waals surface area contributed by atoms with Crippen molar-refractivity contribution < 1.29 is 9.90 Å². The zero-order valence-electron chi connectivity index (χ0n) is 12.4. The van der Waals surface area contributed by atoms with Crippen molar-refractivity contribution in [1.82, 2.24) is 9.80 Å². The van der Waals surface area contributed by atoms with E-state index in [0.717, 1.165) is 17.7 Å². The molecule has 4 heteroatoms. The van der Waals surface area contributed by atoms with Crippen molar-refractivity contribution in [2.24, 2.45) is 0 Å². The fourth-order valence-electron chi connectivity index (χ4n) is 1.65. The fourth-order valence-corrected chi connectivity index (χ4v) is 1.65. The maximum Gasteiger partial charge on any atom is 0.236 e. The highest BCUT2D eigenvalue weighted by atomic mass is 16.2. The third-order valence-corrected chi connectivity index (χ3v) is 2.78. The Labute approximate surface area is 121 Å². The van der Waals surface area contributed by atoms with Crippen molar-refractivity contribution in [2.45, 2.75) is 13.0 Å². The van der Waals surface area contributed by atoms with Crippen molar-refractivity contribution in [2.75, 3.05) is 34.3 Å². The lowest BCUT2D eigenvalue weighted by atomic mass is 10.1. The molecule has 0 fully saturated rings. The number of carbonyl (C=O) groups is 1. The number of hydrogen-bond donors (Lipinski definition) is 1. The third kappa shape index (κ3) is 5.87. The molecule has 1 aromatic rings. The highest BCUT2D eigenvalue weighted by Gasteiger charge is 2.08. The van der Waals surface area contributed by atoms with Gasteiger partial charge in [0.1, 0.15) is 0 Å². The van der Waals surface area contributed by atoms with Crippen molar-refractivity contribution in [3.63, 3.8) is 0 Å². The van der Waals surface area contributed by atoms with E-state index in [9.17, 15) is 4.79 Å². The first kappa shape index (κ1) is 16.2. The number of aliphatic hydroxyl groups excluding tert-OH is 1. The van der Waals surface area contributed by atoms with Crippen LogP contribution in [0.1, 0.15) is 17.5 Å². The van der Waals surface area contributed by atoms with Crippen LogP contribution in [-0.4, -0.2) is 55.1 Å². The second-order valence-electron chi connectivity index (χ2n) is 4.93. The molecule has 0 atom stereocenters. The molecule has 1 amide bonds. The summed E-state index contributed by atoms with van der Waals surface area (Å²) in [5.74, 6) is 5.97. The minimum absolute atomic E-state index is 0.0930. The van der Waals surface area contributed by atoms with Gasteiger partial charge in [-0.25, -0.2) is 0 Å². The summed E-state index contributed by atoms with van der Waals surface area (Å²) in [7, 11) is 5.45. The predicted octanol–water partition coefficient (Wildman–Crippen LogP) is 0.940. The van der Waals surface area contributed by atoms with Gasteiger partial charge in [-0.2, -0.15) is 0 Å². The van der Waals surface area contributed by atoms with E-state index in [1.807, 2.05) is 36.2 Å². The van der Waals surface area contributed by atoms with Gasteiger partial charge in [0.05, 0.1) is 13.2 Å². The molecule has 0 heterocycles. The largest absolute Gasteiger partial charge is 0.395 e. The van der Waals surface area contributed by atoms with Crippen LogP contribution in [0.25, 0.3) is 0 Å². The van der Waals surface area contributed by atoms with Gasteiger partial charge >= 0.3 is 0 Å². The highest BCUT2D eigenvalue weighted by Crippen LogP contribution is 2.06. The molecular weight excluding hydrogens is 252 g/mol. The molecule has 1 rings (SSSR count). The van der Waals surface area contributed by atoms with Crippen LogP contribution in [0, 0.1) is 11.8 Å². The average Bonchev–Trinajstić information content (AvgIpc) is 2.40. The quantitative estimate of drug-likeness (QED) is 0.813. The molecule has 0 bridgehead atoms. The van der Waals surface area contributed by atoms with Crippen LogP contribution in [0.3, 0.4) is 0 Å². The van der Waals surface area contributed by atoms with Gasteiger partial charge < -0.3 is 10.0 Å². The summed E-state index contributed by atoms with van der Waals surface area (Å²) in [5, 5.41) is 8.66. The lowest BCUT2D eigenvalue weighted by Gasteiger charge is -2.18. The maximum absolute atomic E-state index is 11.6. The molecule has 0 saturated heterocycles. The Morgan fingerprint density at radius 2 is 1.85 bits per heavy atom. The Morgan fingerprint density at radius 1 is 1.20 bits per heavy atom. The van der Waals surface area contributed by atoms with Gasteiger partial charge in [-0.15, -0.1) is 0 Å². The molecule has 108 valence electrons. The SMILES string of the molecule is CN(CC(=O)N(C)C)Cc1ccc(C#CCCO)cc1. The fraction of sp³-hybridized carbons (Fsp3) is 0.438. The Kier molecular flexibility index (Phi) is 6.78. The van der Waals surface area contributed by atoms with E-state index in [2.05, 4.69) is 11.8 Å². The van der Waals surface area contributed by atoms with E-state index in [0.29, 0.717) is 13.0 Å². The van der Waals surface area contributed by atoms with Crippen LogP contribution >= 0.6 is 0 Å². The van der Waals surface area contributed by atoms with Gasteiger partial charge in [-0.1, -0.05) is 24.0 Å². The monoisotopic (exact) mass is 274 g/mol. The number of carbonyl (C=O) groups excluding carboxylic acids is 1. The van der Waals surface area contributed by atoms with Crippen molar-refractivity contribution in [3.8, 4) is 11.8 Å². The molecule has 0 aliphatic heterocycles. The first-order valence-corrected chi connectivity index (χ1v) is 6.60. The number of rotatable bonds is 5. The second kappa shape index (κ2) is 8.36. The normalized spacial score (nSPS) is 10.1. The molecule has 1 aromatic carbocycles. The van der Waals surface area contributed by atoms with Crippen LogP contribution in [0.15, 0.2) is 24.3 Å². The minimum atomic E-state index is 0.0930. The summed E-state index contributed by atoms with van der Waals surface area (Å²) in [6.45, 7) is 1.23. The molecule has 0 aliphatic carbocycles. The van der Waals surface area contributed by atoms with Gasteiger partial charge in [-0.3, -0.25) is 9.69 Å². The molecule has 1 N–H and O–H groups in total. The maximum atomic E-state index is 11.6. The van der Waals surface area contributed by atoms with Gasteiger partial charge in [0, 0.05) is 32.6 Å². The third-order valence-electron chi connectivity index (χ3n) is 2.78. The summed E-state index contributed by atoms with van der Waals surface area (Å²) in [6.07, 6.45) is 0.497. The lowest BCUT2D eigenvalue weighted by molar-refractivity contribution is -0.129. The average molecular weight is 274 g/mol. The molecule has 4 nitrogen and oxygen atoms in total. The molecular formula is C16H22N2O2. The first-order chi connectivity index (χ1) is 9.52. The molecule has 0 saturated carbocycles. The zero-order chi connectivity index (χ0) is 15.0. The van der Waals surface area contributed by atoms with E-state index in [1.165, 1.54) is 0 Å². The van der Waals surface area contributed by atoms with Crippen LogP contribution < -0.4 is 0 Å². The van der Waals surface area contributed by atoms with Crippen LogP contribution in [0.5, 0.6) is 0 Å². The number of amides is 1. The molecule has 0 radical (unpaired) electrons. The van der Waals surface area contributed by atoms with E-state index in [-0.39, 0.29) is 12.5 Å².